The molecule has 10 heteroatoms. The maximum absolute atomic E-state index is 13.6. The van der Waals surface area contributed by atoms with Crippen LogP contribution in [0.25, 0.3) is 0 Å². The van der Waals surface area contributed by atoms with Crippen molar-refractivity contribution in [3.63, 3.8) is 0 Å². The molecule has 0 N–H and O–H groups in total. The molecule has 3 aliphatic heterocycles. The molecule has 3 aliphatic rings. The molecule has 0 aliphatic carbocycles. The molecule has 0 unspecified atom stereocenters. The first-order chi connectivity index (χ1) is 13.7. The zero-order valence-electron chi connectivity index (χ0n) is 16.9. The van der Waals surface area contributed by atoms with E-state index in [2.05, 4.69) is 9.97 Å². The number of sulfonamides is 1. The average Bonchev–Trinajstić information content (AvgIpc) is 3.25. The van der Waals surface area contributed by atoms with Gasteiger partial charge in [-0.1, -0.05) is 0 Å². The molecular formula is C19H27N5O4S. The van der Waals surface area contributed by atoms with Crippen molar-refractivity contribution in [1.82, 2.24) is 24.1 Å². The molecule has 0 aromatic carbocycles. The van der Waals surface area contributed by atoms with Crippen molar-refractivity contribution in [1.29, 1.82) is 0 Å². The Balaban J connectivity index is 1.66. The van der Waals surface area contributed by atoms with Crippen molar-refractivity contribution in [2.24, 2.45) is 5.41 Å². The highest BCUT2D eigenvalue weighted by Crippen LogP contribution is 2.44. The van der Waals surface area contributed by atoms with Crippen molar-refractivity contribution in [2.45, 2.75) is 38.6 Å². The van der Waals surface area contributed by atoms with Crippen molar-refractivity contribution < 1.29 is 18.0 Å². The molecule has 158 valence electrons. The molecular weight excluding hydrogens is 394 g/mol. The second-order valence-corrected chi connectivity index (χ2v) is 10.5. The average molecular weight is 422 g/mol. The van der Waals surface area contributed by atoms with E-state index < -0.39 is 21.5 Å². The number of aryl methyl sites for hydroxylation is 1. The molecule has 0 radical (unpaired) electrons. The molecule has 2 atom stereocenters. The molecule has 1 aromatic heterocycles. The van der Waals surface area contributed by atoms with Crippen LogP contribution in [0.5, 0.6) is 0 Å². The smallest absolute Gasteiger partial charge is 0.274 e. The number of hydrogen-bond donors (Lipinski definition) is 0. The molecule has 3 fully saturated rings. The van der Waals surface area contributed by atoms with Crippen LogP contribution in [0.2, 0.25) is 0 Å². The number of fused-ring (bicyclic) bond motifs is 1. The largest absolute Gasteiger partial charge is 0.342 e. The monoisotopic (exact) mass is 421 g/mol. The standard InChI is InChI=1S/C19H27N5O4S/c1-14-11-21-15(12-20-14)17(25)24-9-5-16-19(13-24,6-10-29(27,28)22(16)2)18(26)23-7-3-4-8-23/h11-12,16H,3-10,13H2,1-2H3/t16-,19+/m1/s1. The van der Waals surface area contributed by atoms with Crippen molar-refractivity contribution in [3.8, 4) is 0 Å². The van der Waals surface area contributed by atoms with Gasteiger partial charge in [0.05, 0.1) is 23.1 Å². The number of aromatic nitrogens is 2. The Morgan fingerprint density at radius 1 is 1.10 bits per heavy atom. The predicted octanol–water partition coefficient (Wildman–Crippen LogP) is 0.274. The number of likely N-dealkylation sites (tertiary alicyclic amines) is 2. The Hall–Kier alpha value is -2.07. The number of nitrogens with zero attached hydrogens (tertiary/aromatic N) is 5. The third-order valence-corrected chi connectivity index (χ3v) is 8.43. The molecule has 4 rings (SSSR count). The third kappa shape index (κ3) is 3.42. The van der Waals surface area contributed by atoms with Gasteiger partial charge in [0.15, 0.2) is 0 Å². The number of rotatable bonds is 2. The molecule has 3 saturated heterocycles. The Labute approximate surface area is 171 Å². The summed E-state index contributed by atoms with van der Waals surface area (Å²) in [5, 5.41) is 0. The van der Waals surface area contributed by atoms with E-state index in [1.807, 2.05) is 4.90 Å². The molecule has 1 aromatic rings. The van der Waals surface area contributed by atoms with E-state index >= 15 is 0 Å². The van der Waals surface area contributed by atoms with Crippen molar-refractivity contribution in [3.05, 3.63) is 23.8 Å². The first-order valence-electron chi connectivity index (χ1n) is 10.1. The minimum Gasteiger partial charge on any atom is -0.342 e. The van der Waals surface area contributed by atoms with Gasteiger partial charge >= 0.3 is 0 Å². The van der Waals surface area contributed by atoms with Crippen LogP contribution in [0.1, 0.15) is 41.9 Å². The molecule has 0 saturated carbocycles. The summed E-state index contributed by atoms with van der Waals surface area (Å²) in [5.74, 6) is -0.360. The summed E-state index contributed by atoms with van der Waals surface area (Å²) in [6.45, 7) is 3.78. The van der Waals surface area contributed by atoms with Crippen LogP contribution < -0.4 is 0 Å². The van der Waals surface area contributed by atoms with Gasteiger partial charge in [-0.3, -0.25) is 14.6 Å². The van der Waals surface area contributed by atoms with E-state index in [-0.39, 0.29) is 36.2 Å². The highest BCUT2D eigenvalue weighted by atomic mass is 32.2. The molecule has 4 heterocycles. The first-order valence-corrected chi connectivity index (χ1v) is 11.7. The van der Waals surface area contributed by atoms with Crippen LogP contribution >= 0.6 is 0 Å². The lowest BCUT2D eigenvalue weighted by Gasteiger charge is -2.53. The fourth-order valence-corrected chi connectivity index (χ4v) is 6.50. The Morgan fingerprint density at radius 3 is 2.48 bits per heavy atom. The van der Waals surface area contributed by atoms with E-state index in [1.165, 1.54) is 10.5 Å². The second-order valence-electron chi connectivity index (χ2n) is 8.31. The summed E-state index contributed by atoms with van der Waals surface area (Å²) in [7, 11) is -1.82. The fraction of sp³-hybridized carbons (Fsp3) is 0.684. The van der Waals surface area contributed by atoms with Crippen LogP contribution in [-0.2, 0) is 14.8 Å². The van der Waals surface area contributed by atoms with Gasteiger partial charge in [0.2, 0.25) is 15.9 Å². The summed E-state index contributed by atoms with van der Waals surface area (Å²) >= 11 is 0. The zero-order valence-corrected chi connectivity index (χ0v) is 17.7. The van der Waals surface area contributed by atoms with Gasteiger partial charge < -0.3 is 9.80 Å². The van der Waals surface area contributed by atoms with E-state index in [9.17, 15) is 18.0 Å². The number of carbonyl (C=O) groups is 2. The van der Waals surface area contributed by atoms with Gasteiger partial charge in [-0.05, 0) is 32.6 Å². The van der Waals surface area contributed by atoms with Crippen LogP contribution in [0.3, 0.4) is 0 Å². The van der Waals surface area contributed by atoms with E-state index in [0.29, 0.717) is 26.1 Å². The summed E-state index contributed by atoms with van der Waals surface area (Å²) in [5.41, 5.74) is 0.0610. The zero-order chi connectivity index (χ0) is 20.8. The van der Waals surface area contributed by atoms with Crippen LogP contribution in [0, 0.1) is 12.3 Å². The summed E-state index contributed by atoms with van der Waals surface area (Å²) < 4.78 is 26.4. The first kappa shape index (κ1) is 20.2. The van der Waals surface area contributed by atoms with Crippen molar-refractivity contribution in [2.75, 3.05) is 39.0 Å². The topological polar surface area (TPSA) is 104 Å². The summed E-state index contributed by atoms with van der Waals surface area (Å²) in [6.07, 6.45) is 5.59. The van der Waals surface area contributed by atoms with E-state index in [1.54, 1.807) is 25.1 Å². The van der Waals surface area contributed by atoms with Gasteiger partial charge in [-0.2, -0.15) is 0 Å². The fourth-order valence-electron chi connectivity index (χ4n) is 4.89. The minimum absolute atomic E-state index is 0.0192. The number of amides is 2. The summed E-state index contributed by atoms with van der Waals surface area (Å²) in [6, 6.07) is -0.428. The predicted molar refractivity (Wildman–Crippen MR) is 105 cm³/mol. The minimum atomic E-state index is -3.38. The number of carbonyl (C=O) groups excluding carboxylic acids is 2. The number of hydrogen-bond acceptors (Lipinski definition) is 6. The van der Waals surface area contributed by atoms with Gasteiger partial charge in [0, 0.05) is 45.5 Å². The van der Waals surface area contributed by atoms with Gasteiger partial charge in [0.1, 0.15) is 5.69 Å². The van der Waals surface area contributed by atoms with Crippen LogP contribution in [-0.4, -0.2) is 89.3 Å². The molecule has 29 heavy (non-hydrogen) atoms. The molecule has 9 nitrogen and oxygen atoms in total. The lowest BCUT2D eigenvalue weighted by atomic mass is 9.71. The lowest BCUT2D eigenvalue weighted by Crippen LogP contribution is -2.68. The maximum Gasteiger partial charge on any atom is 0.274 e. The summed E-state index contributed by atoms with van der Waals surface area (Å²) in [4.78, 5) is 38.5. The SMILES string of the molecule is Cc1cnc(C(=O)N2CC[C@H]3N(C)S(=O)(=O)CC[C@]3(C(=O)N3CCCC3)C2)cn1. The van der Waals surface area contributed by atoms with Crippen LogP contribution in [0.15, 0.2) is 12.4 Å². The second kappa shape index (κ2) is 7.32. The van der Waals surface area contributed by atoms with Gasteiger partial charge in [0.25, 0.3) is 5.91 Å². The van der Waals surface area contributed by atoms with Gasteiger partial charge in [-0.25, -0.2) is 17.7 Å². The Bertz CT molecular complexity index is 913. The number of piperidine rings is 1. The highest BCUT2D eigenvalue weighted by Gasteiger charge is 2.58. The van der Waals surface area contributed by atoms with E-state index in [0.717, 1.165) is 18.5 Å². The van der Waals surface area contributed by atoms with Crippen LogP contribution in [0.4, 0.5) is 0 Å². The molecule has 0 spiro atoms. The highest BCUT2D eigenvalue weighted by molar-refractivity contribution is 7.89. The molecule has 2 amide bonds. The Kier molecular flexibility index (Phi) is 5.10. The maximum atomic E-state index is 13.6. The van der Waals surface area contributed by atoms with Gasteiger partial charge in [-0.15, -0.1) is 0 Å². The normalized spacial score (nSPS) is 29.5. The lowest BCUT2D eigenvalue weighted by molar-refractivity contribution is -0.148. The third-order valence-electron chi connectivity index (χ3n) is 6.57. The molecule has 0 bridgehead atoms. The quantitative estimate of drug-likeness (QED) is 0.679. The van der Waals surface area contributed by atoms with E-state index in [4.69, 9.17) is 0 Å². The van der Waals surface area contributed by atoms with Crippen molar-refractivity contribution >= 4 is 21.8 Å². The Morgan fingerprint density at radius 2 is 1.83 bits per heavy atom.